The van der Waals surface area contributed by atoms with Crippen LogP contribution in [0.2, 0.25) is 0 Å². The summed E-state index contributed by atoms with van der Waals surface area (Å²) < 4.78 is 27.3. The van der Waals surface area contributed by atoms with Crippen molar-refractivity contribution in [2.75, 3.05) is 0 Å². The number of aryl methyl sites for hydroxylation is 1. The minimum Gasteiger partial charge on any atom is -0.199 e. The lowest BCUT2D eigenvalue weighted by atomic mass is 10.2. The van der Waals surface area contributed by atoms with Gasteiger partial charge in [-0.05, 0) is 59.3 Å². The predicted octanol–water partition coefficient (Wildman–Crippen LogP) is 2.58. The molecule has 0 fully saturated rings. The zero-order valence-corrected chi connectivity index (χ0v) is 13.5. The second-order valence-corrected chi connectivity index (χ2v) is 7.32. The molecule has 3 rings (SSSR count). The smallest absolute Gasteiger partial charge is 0.199 e. The van der Waals surface area contributed by atoms with Gasteiger partial charge < -0.3 is 0 Å². The lowest BCUT2D eigenvalue weighted by Crippen LogP contribution is -2.16. The van der Waals surface area contributed by atoms with Gasteiger partial charge >= 0.3 is 0 Å². The Labute approximate surface area is 129 Å². The van der Waals surface area contributed by atoms with Gasteiger partial charge in [-0.2, -0.15) is 8.42 Å². The van der Waals surface area contributed by atoms with Crippen LogP contribution in [0.25, 0.3) is 11.0 Å². The zero-order valence-electron chi connectivity index (χ0n) is 10.5. The number of fused-ring (bicyclic) bond motifs is 1. The molecule has 2 aromatic carbocycles. The molecule has 0 bridgehead atoms. The van der Waals surface area contributed by atoms with Crippen molar-refractivity contribution < 1.29 is 8.42 Å². The summed E-state index contributed by atoms with van der Waals surface area (Å²) in [4.78, 5) is 0.250. The van der Waals surface area contributed by atoms with Crippen molar-refractivity contribution in [1.29, 1.82) is 0 Å². The summed E-state index contributed by atoms with van der Waals surface area (Å²) in [6.45, 7) is 1.77. The Morgan fingerprint density at radius 3 is 2.70 bits per heavy atom. The molecule has 0 saturated carbocycles. The van der Waals surface area contributed by atoms with Crippen LogP contribution in [0.5, 0.6) is 0 Å². The molecule has 20 heavy (non-hydrogen) atoms. The molecule has 1 heterocycles. The fourth-order valence-corrected chi connectivity index (χ4v) is 4.16. The Kier molecular flexibility index (Phi) is 3.25. The van der Waals surface area contributed by atoms with Crippen LogP contribution >= 0.6 is 22.6 Å². The molecule has 0 amide bonds. The third-order valence-electron chi connectivity index (χ3n) is 2.98. The molecular formula is C13H10IN3O2S. The van der Waals surface area contributed by atoms with Gasteiger partial charge in [0.05, 0.1) is 4.90 Å². The van der Waals surface area contributed by atoms with Crippen LogP contribution in [0.1, 0.15) is 5.56 Å². The van der Waals surface area contributed by atoms with E-state index < -0.39 is 10.0 Å². The van der Waals surface area contributed by atoms with Gasteiger partial charge in [0, 0.05) is 3.57 Å². The molecular weight excluding hydrogens is 389 g/mol. The van der Waals surface area contributed by atoms with E-state index in [4.69, 9.17) is 0 Å². The first-order valence-corrected chi connectivity index (χ1v) is 8.34. The van der Waals surface area contributed by atoms with Crippen LogP contribution in [0.3, 0.4) is 0 Å². The van der Waals surface area contributed by atoms with E-state index in [1.54, 1.807) is 43.3 Å². The van der Waals surface area contributed by atoms with Crippen molar-refractivity contribution in [3.05, 3.63) is 51.6 Å². The number of para-hydroxylation sites is 1. The molecule has 0 aliphatic rings. The highest BCUT2D eigenvalue weighted by Crippen LogP contribution is 2.23. The third kappa shape index (κ3) is 2.10. The number of halogens is 1. The second-order valence-electron chi connectivity index (χ2n) is 4.34. The number of rotatable bonds is 2. The van der Waals surface area contributed by atoms with Crippen LogP contribution in [-0.4, -0.2) is 22.8 Å². The number of benzene rings is 2. The Bertz CT molecular complexity index is 903. The number of hydrogen-bond donors (Lipinski definition) is 0. The fraction of sp³-hybridized carbons (Fsp3) is 0.0769. The molecule has 0 unspecified atom stereocenters. The van der Waals surface area contributed by atoms with Crippen molar-refractivity contribution in [3.8, 4) is 0 Å². The second kappa shape index (κ2) is 4.81. The van der Waals surface area contributed by atoms with Crippen LogP contribution in [0, 0.1) is 10.5 Å². The monoisotopic (exact) mass is 399 g/mol. The first-order valence-electron chi connectivity index (χ1n) is 5.82. The van der Waals surface area contributed by atoms with E-state index in [1.165, 1.54) is 0 Å². The molecule has 3 aromatic rings. The maximum atomic E-state index is 12.7. The number of aromatic nitrogens is 3. The van der Waals surface area contributed by atoms with E-state index in [-0.39, 0.29) is 4.90 Å². The van der Waals surface area contributed by atoms with Gasteiger partial charge in [0.1, 0.15) is 11.0 Å². The van der Waals surface area contributed by atoms with Gasteiger partial charge in [-0.25, -0.2) is 0 Å². The zero-order chi connectivity index (χ0) is 14.3. The minimum absolute atomic E-state index is 0.250. The Hall–Kier alpha value is -1.48. The Balaban J connectivity index is 2.29. The van der Waals surface area contributed by atoms with Crippen LogP contribution in [0.15, 0.2) is 47.4 Å². The summed E-state index contributed by atoms with van der Waals surface area (Å²) >= 11 is 2.09. The van der Waals surface area contributed by atoms with Crippen molar-refractivity contribution in [2.45, 2.75) is 11.8 Å². The van der Waals surface area contributed by atoms with Gasteiger partial charge in [0.2, 0.25) is 0 Å². The first kappa shape index (κ1) is 13.5. The maximum absolute atomic E-state index is 12.7. The standard InChI is InChI=1S/C13H10IN3O2S/c1-9-6-7-10(14)8-13(9)20(18,19)17-12-5-3-2-4-11(12)15-16-17/h2-8H,1H3. The Morgan fingerprint density at radius 1 is 1.15 bits per heavy atom. The van der Waals surface area contributed by atoms with Crippen molar-refractivity contribution >= 4 is 43.6 Å². The highest BCUT2D eigenvalue weighted by Gasteiger charge is 2.23. The van der Waals surface area contributed by atoms with E-state index in [9.17, 15) is 8.42 Å². The van der Waals surface area contributed by atoms with E-state index >= 15 is 0 Å². The van der Waals surface area contributed by atoms with Gasteiger partial charge in [0.15, 0.2) is 0 Å². The highest BCUT2D eigenvalue weighted by atomic mass is 127. The summed E-state index contributed by atoms with van der Waals surface area (Å²) in [6, 6.07) is 12.3. The molecule has 0 spiro atoms. The van der Waals surface area contributed by atoms with E-state index in [0.29, 0.717) is 16.6 Å². The van der Waals surface area contributed by atoms with Gasteiger partial charge in [-0.1, -0.05) is 23.4 Å². The molecule has 1 aromatic heterocycles. The maximum Gasteiger partial charge on any atom is 0.285 e. The molecule has 5 nitrogen and oxygen atoms in total. The quantitative estimate of drug-likeness (QED) is 0.622. The fourth-order valence-electron chi connectivity index (χ4n) is 1.97. The average Bonchev–Trinajstić information content (AvgIpc) is 2.86. The van der Waals surface area contributed by atoms with Crippen LogP contribution < -0.4 is 0 Å². The van der Waals surface area contributed by atoms with Gasteiger partial charge in [0.25, 0.3) is 10.0 Å². The van der Waals surface area contributed by atoms with Gasteiger partial charge in [-0.3, -0.25) is 0 Å². The van der Waals surface area contributed by atoms with Crippen molar-refractivity contribution in [2.24, 2.45) is 0 Å². The molecule has 0 aliphatic carbocycles. The van der Waals surface area contributed by atoms with E-state index in [2.05, 4.69) is 32.9 Å². The number of nitrogens with zero attached hydrogens (tertiary/aromatic N) is 3. The van der Waals surface area contributed by atoms with Gasteiger partial charge in [-0.15, -0.1) is 9.19 Å². The predicted molar refractivity (Wildman–Crippen MR) is 84.0 cm³/mol. The van der Waals surface area contributed by atoms with Crippen molar-refractivity contribution in [1.82, 2.24) is 14.4 Å². The topological polar surface area (TPSA) is 64.8 Å². The number of hydrogen-bond acceptors (Lipinski definition) is 4. The SMILES string of the molecule is Cc1ccc(I)cc1S(=O)(=O)n1nnc2ccccc21. The Morgan fingerprint density at radius 2 is 1.90 bits per heavy atom. The largest absolute Gasteiger partial charge is 0.285 e. The van der Waals surface area contributed by atoms with E-state index in [1.807, 2.05) is 6.07 Å². The molecule has 0 N–H and O–H groups in total. The first-order chi connectivity index (χ1) is 9.50. The molecule has 102 valence electrons. The summed E-state index contributed by atoms with van der Waals surface area (Å²) in [5, 5.41) is 7.68. The van der Waals surface area contributed by atoms with E-state index in [0.717, 1.165) is 7.66 Å². The van der Waals surface area contributed by atoms with Crippen LogP contribution in [-0.2, 0) is 10.0 Å². The molecule has 0 atom stereocenters. The van der Waals surface area contributed by atoms with Crippen molar-refractivity contribution in [3.63, 3.8) is 0 Å². The average molecular weight is 399 g/mol. The molecule has 7 heteroatoms. The third-order valence-corrected chi connectivity index (χ3v) is 5.37. The lowest BCUT2D eigenvalue weighted by Gasteiger charge is -2.08. The summed E-state index contributed by atoms with van der Waals surface area (Å²) in [6.07, 6.45) is 0. The summed E-state index contributed by atoms with van der Waals surface area (Å²) in [5.74, 6) is 0. The molecule has 0 radical (unpaired) electrons. The van der Waals surface area contributed by atoms with Crippen LogP contribution in [0.4, 0.5) is 0 Å². The summed E-state index contributed by atoms with van der Waals surface area (Å²) in [7, 11) is -3.74. The molecule has 0 aliphatic heterocycles. The normalized spacial score (nSPS) is 11.9. The highest BCUT2D eigenvalue weighted by molar-refractivity contribution is 14.1. The lowest BCUT2D eigenvalue weighted by molar-refractivity contribution is 0.579. The summed E-state index contributed by atoms with van der Waals surface area (Å²) in [5.41, 5.74) is 1.72. The minimum atomic E-state index is -3.74. The molecule has 0 saturated heterocycles.